The number of nitrogens with one attached hydrogen (secondary N) is 2. The van der Waals surface area contributed by atoms with Gasteiger partial charge in [0.1, 0.15) is 12.4 Å². The van der Waals surface area contributed by atoms with Gasteiger partial charge < -0.3 is 20.3 Å². The molecule has 1 aliphatic heterocycles. The standard InChI is InChI=1S/C24H31N3O3/c1-18(2)26-23(28)20-10-12-22(13-11-20)30-17-21-9-6-16-27(21)24(29)25-15-14-19-7-4-3-5-8-19/h3-5,7-8,10-13,18,21H,6,9,14-17H2,1-2H3,(H,25,29)(H,26,28). The molecule has 0 saturated carbocycles. The average molecular weight is 410 g/mol. The van der Waals surface area contributed by atoms with E-state index in [9.17, 15) is 9.59 Å². The van der Waals surface area contributed by atoms with E-state index in [0.717, 1.165) is 25.8 Å². The van der Waals surface area contributed by atoms with Crippen LogP contribution in [0.25, 0.3) is 0 Å². The third-order valence-corrected chi connectivity index (χ3v) is 5.15. The van der Waals surface area contributed by atoms with Gasteiger partial charge in [-0.1, -0.05) is 30.3 Å². The third kappa shape index (κ3) is 6.24. The molecule has 2 aromatic carbocycles. The van der Waals surface area contributed by atoms with Gasteiger partial charge in [-0.15, -0.1) is 0 Å². The van der Waals surface area contributed by atoms with E-state index < -0.39 is 0 Å². The molecule has 0 spiro atoms. The summed E-state index contributed by atoms with van der Waals surface area (Å²) in [4.78, 5) is 26.5. The minimum absolute atomic E-state index is 0.0299. The van der Waals surface area contributed by atoms with E-state index in [1.54, 1.807) is 24.3 Å². The fraction of sp³-hybridized carbons (Fsp3) is 0.417. The van der Waals surface area contributed by atoms with Gasteiger partial charge in [0.2, 0.25) is 0 Å². The number of carbonyl (C=O) groups is 2. The van der Waals surface area contributed by atoms with E-state index >= 15 is 0 Å². The van der Waals surface area contributed by atoms with Crippen molar-refractivity contribution in [1.82, 2.24) is 15.5 Å². The molecule has 3 rings (SSSR count). The number of carbonyl (C=O) groups excluding carboxylic acids is 2. The second-order valence-electron chi connectivity index (χ2n) is 7.92. The second-order valence-corrected chi connectivity index (χ2v) is 7.92. The Morgan fingerprint density at radius 3 is 2.53 bits per heavy atom. The van der Waals surface area contributed by atoms with E-state index in [4.69, 9.17) is 4.74 Å². The van der Waals surface area contributed by atoms with E-state index in [2.05, 4.69) is 22.8 Å². The third-order valence-electron chi connectivity index (χ3n) is 5.15. The molecular weight excluding hydrogens is 378 g/mol. The molecule has 0 radical (unpaired) electrons. The zero-order chi connectivity index (χ0) is 21.3. The summed E-state index contributed by atoms with van der Waals surface area (Å²) in [6.45, 7) is 5.68. The molecular formula is C24H31N3O3. The highest BCUT2D eigenvalue weighted by molar-refractivity contribution is 5.94. The summed E-state index contributed by atoms with van der Waals surface area (Å²) >= 11 is 0. The molecule has 2 aromatic rings. The van der Waals surface area contributed by atoms with Crippen LogP contribution in [0.4, 0.5) is 4.79 Å². The normalized spacial score (nSPS) is 15.8. The van der Waals surface area contributed by atoms with Gasteiger partial charge in [-0.05, 0) is 62.9 Å². The van der Waals surface area contributed by atoms with Crippen molar-refractivity contribution in [2.24, 2.45) is 0 Å². The fourth-order valence-corrected chi connectivity index (χ4v) is 3.58. The van der Waals surface area contributed by atoms with E-state index in [0.29, 0.717) is 24.5 Å². The maximum Gasteiger partial charge on any atom is 0.317 e. The highest BCUT2D eigenvalue weighted by atomic mass is 16.5. The van der Waals surface area contributed by atoms with Crippen molar-refractivity contribution in [2.75, 3.05) is 19.7 Å². The van der Waals surface area contributed by atoms with Gasteiger partial charge in [0.25, 0.3) is 5.91 Å². The Morgan fingerprint density at radius 2 is 1.83 bits per heavy atom. The molecule has 6 heteroatoms. The number of amides is 3. The van der Waals surface area contributed by atoms with Crippen LogP contribution in [-0.2, 0) is 6.42 Å². The van der Waals surface area contributed by atoms with Crippen LogP contribution in [0.5, 0.6) is 5.75 Å². The van der Waals surface area contributed by atoms with Gasteiger partial charge in [-0.3, -0.25) is 4.79 Å². The Morgan fingerprint density at radius 1 is 1.10 bits per heavy atom. The van der Waals surface area contributed by atoms with Crippen molar-refractivity contribution >= 4 is 11.9 Å². The molecule has 160 valence electrons. The topological polar surface area (TPSA) is 70.7 Å². The van der Waals surface area contributed by atoms with Crippen LogP contribution >= 0.6 is 0 Å². The molecule has 0 aliphatic carbocycles. The predicted octanol–water partition coefficient (Wildman–Crippen LogP) is 3.62. The molecule has 1 unspecified atom stereocenters. The summed E-state index contributed by atoms with van der Waals surface area (Å²) in [5.41, 5.74) is 1.82. The number of urea groups is 1. The van der Waals surface area contributed by atoms with Gasteiger partial charge in [0.15, 0.2) is 0 Å². The summed E-state index contributed by atoms with van der Waals surface area (Å²) in [7, 11) is 0. The smallest absolute Gasteiger partial charge is 0.317 e. The van der Waals surface area contributed by atoms with Crippen LogP contribution in [0.1, 0.15) is 42.6 Å². The Balaban J connectivity index is 1.45. The first kappa shape index (κ1) is 21.7. The minimum Gasteiger partial charge on any atom is -0.491 e. The van der Waals surface area contributed by atoms with Gasteiger partial charge in [-0.25, -0.2) is 4.79 Å². The van der Waals surface area contributed by atoms with Gasteiger partial charge in [0, 0.05) is 24.7 Å². The van der Waals surface area contributed by atoms with Crippen molar-refractivity contribution in [3.8, 4) is 5.75 Å². The van der Waals surface area contributed by atoms with E-state index in [1.807, 2.05) is 36.9 Å². The van der Waals surface area contributed by atoms with E-state index in [-0.39, 0.29) is 24.0 Å². The summed E-state index contributed by atoms with van der Waals surface area (Å²) in [6.07, 6.45) is 2.73. The number of rotatable bonds is 8. The van der Waals surface area contributed by atoms with Crippen LogP contribution in [-0.4, -0.2) is 48.6 Å². The highest BCUT2D eigenvalue weighted by Crippen LogP contribution is 2.20. The predicted molar refractivity (Wildman–Crippen MR) is 118 cm³/mol. The molecule has 6 nitrogen and oxygen atoms in total. The fourth-order valence-electron chi connectivity index (χ4n) is 3.58. The quantitative estimate of drug-likeness (QED) is 0.700. The van der Waals surface area contributed by atoms with Crippen LogP contribution in [0.15, 0.2) is 54.6 Å². The first-order valence-corrected chi connectivity index (χ1v) is 10.6. The van der Waals surface area contributed by atoms with E-state index in [1.165, 1.54) is 5.56 Å². The first-order chi connectivity index (χ1) is 14.5. The monoisotopic (exact) mass is 409 g/mol. The Hall–Kier alpha value is -3.02. The van der Waals surface area contributed by atoms with Crippen molar-refractivity contribution < 1.29 is 14.3 Å². The van der Waals surface area contributed by atoms with Gasteiger partial charge >= 0.3 is 6.03 Å². The zero-order valence-electron chi connectivity index (χ0n) is 17.8. The SMILES string of the molecule is CC(C)NC(=O)c1ccc(OCC2CCCN2C(=O)NCCc2ccccc2)cc1. The van der Waals surface area contributed by atoms with Crippen LogP contribution < -0.4 is 15.4 Å². The lowest BCUT2D eigenvalue weighted by atomic mass is 10.1. The highest BCUT2D eigenvalue weighted by Gasteiger charge is 2.29. The number of benzene rings is 2. The Labute approximate surface area is 178 Å². The number of hydrogen-bond acceptors (Lipinski definition) is 3. The maximum absolute atomic E-state index is 12.6. The average Bonchev–Trinajstić information content (AvgIpc) is 3.21. The molecule has 2 N–H and O–H groups in total. The molecule has 1 fully saturated rings. The maximum atomic E-state index is 12.6. The molecule has 1 saturated heterocycles. The lowest BCUT2D eigenvalue weighted by Crippen LogP contribution is -2.45. The zero-order valence-corrected chi connectivity index (χ0v) is 17.8. The molecule has 1 heterocycles. The number of ether oxygens (including phenoxy) is 1. The van der Waals surface area contributed by atoms with Crippen molar-refractivity contribution in [1.29, 1.82) is 0 Å². The van der Waals surface area contributed by atoms with Crippen LogP contribution in [0, 0.1) is 0 Å². The summed E-state index contributed by atoms with van der Waals surface area (Å²) in [5.74, 6) is 0.609. The number of nitrogens with zero attached hydrogens (tertiary/aromatic N) is 1. The van der Waals surface area contributed by atoms with Crippen LogP contribution in [0.3, 0.4) is 0 Å². The number of likely N-dealkylation sites (tertiary alicyclic amines) is 1. The minimum atomic E-state index is -0.0920. The molecule has 0 bridgehead atoms. The second kappa shape index (κ2) is 10.7. The molecule has 3 amide bonds. The molecule has 30 heavy (non-hydrogen) atoms. The van der Waals surface area contributed by atoms with Gasteiger partial charge in [-0.2, -0.15) is 0 Å². The largest absolute Gasteiger partial charge is 0.491 e. The summed E-state index contributed by atoms with van der Waals surface area (Å²) < 4.78 is 5.91. The molecule has 1 atom stereocenters. The van der Waals surface area contributed by atoms with Crippen molar-refractivity contribution in [3.63, 3.8) is 0 Å². The summed E-state index contributed by atoms with van der Waals surface area (Å²) in [6, 6.07) is 17.4. The molecule has 0 aromatic heterocycles. The van der Waals surface area contributed by atoms with Gasteiger partial charge in [0.05, 0.1) is 6.04 Å². The number of hydrogen-bond donors (Lipinski definition) is 2. The summed E-state index contributed by atoms with van der Waals surface area (Å²) in [5, 5.41) is 5.89. The Kier molecular flexibility index (Phi) is 7.71. The van der Waals surface area contributed by atoms with Crippen LogP contribution in [0.2, 0.25) is 0 Å². The lowest BCUT2D eigenvalue weighted by Gasteiger charge is -2.25. The van der Waals surface area contributed by atoms with Crippen molar-refractivity contribution in [2.45, 2.75) is 45.2 Å². The first-order valence-electron chi connectivity index (χ1n) is 10.6. The molecule has 1 aliphatic rings. The lowest BCUT2D eigenvalue weighted by molar-refractivity contribution is 0.0943. The van der Waals surface area contributed by atoms with Crippen molar-refractivity contribution in [3.05, 3.63) is 65.7 Å². The Bertz CT molecular complexity index is 821.